The van der Waals surface area contributed by atoms with Crippen LogP contribution in [-0.4, -0.2) is 19.3 Å². The first-order valence-electron chi connectivity index (χ1n) is 6.70. The number of hydrogen-bond acceptors (Lipinski definition) is 2. The summed E-state index contributed by atoms with van der Waals surface area (Å²) in [5.41, 5.74) is 2.55. The van der Waals surface area contributed by atoms with Gasteiger partial charge in [0.25, 0.3) is 0 Å². The summed E-state index contributed by atoms with van der Waals surface area (Å²) in [6.45, 7) is 7.37. The average molecular weight is 246 g/mol. The number of rotatable bonds is 5. The normalized spacial score (nSPS) is 23.8. The molecule has 2 rings (SSSR count). The molecule has 0 spiro atoms. The van der Waals surface area contributed by atoms with Gasteiger partial charge in [0.1, 0.15) is 0 Å². The average Bonchev–Trinajstić information content (AvgIpc) is 2.40. The van der Waals surface area contributed by atoms with Gasteiger partial charge in [0.15, 0.2) is 0 Å². The number of benzene rings is 1. The molecule has 0 aromatic heterocycles. The maximum atomic E-state index is 5.85. The van der Waals surface area contributed by atoms with E-state index in [-0.39, 0.29) is 6.10 Å². The molecule has 1 aliphatic heterocycles. The Morgan fingerprint density at radius 1 is 1.39 bits per heavy atom. The van der Waals surface area contributed by atoms with Gasteiger partial charge in [0.05, 0.1) is 18.8 Å². The highest BCUT2D eigenvalue weighted by Gasteiger charge is 2.24. The molecule has 98 valence electrons. The van der Waals surface area contributed by atoms with Crippen LogP contribution < -0.4 is 0 Å². The van der Waals surface area contributed by atoms with E-state index in [9.17, 15) is 0 Å². The zero-order chi connectivity index (χ0) is 12.8. The van der Waals surface area contributed by atoms with Crippen molar-refractivity contribution in [2.45, 2.75) is 38.4 Å². The summed E-state index contributed by atoms with van der Waals surface area (Å²) in [6, 6.07) is 8.60. The highest BCUT2D eigenvalue weighted by atomic mass is 16.5. The van der Waals surface area contributed by atoms with Crippen molar-refractivity contribution < 1.29 is 9.47 Å². The summed E-state index contributed by atoms with van der Waals surface area (Å²) in [6.07, 6.45) is 5.29. The van der Waals surface area contributed by atoms with Crippen LogP contribution in [0.3, 0.4) is 0 Å². The van der Waals surface area contributed by atoms with E-state index >= 15 is 0 Å². The van der Waals surface area contributed by atoms with E-state index in [4.69, 9.17) is 9.47 Å². The molecule has 0 N–H and O–H groups in total. The van der Waals surface area contributed by atoms with Crippen molar-refractivity contribution in [3.63, 3.8) is 0 Å². The molecule has 0 radical (unpaired) electrons. The lowest BCUT2D eigenvalue weighted by molar-refractivity contribution is -0.0730. The van der Waals surface area contributed by atoms with E-state index in [1.807, 2.05) is 6.08 Å². The van der Waals surface area contributed by atoms with Crippen LogP contribution in [0.2, 0.25) is 0 Å². The second-order valence-corrected chi connectivity index (χ2v) is 4.86. The van der Waals surface area contributed by atoms with Gasteiger partial charge in [-0.05, 0) is 25.3 Å². The van der Waals surface area contributed by atoms with Gasteiger partial charge in [-0.1, -0.05) is 35.9 Å². The lowest BCUT2D eigenvalue weighted by Gasteiger charge is -2.30. The van der Waals surface area contributed by atoms with Gasteiger partial charge in [-0.25, -0.2) is 0 Å². The van der Waals surface area contributed by atoms with Crippen LogP contribution in [0.15, 0.2) is 36.9 Å². The smallest absolute Gasteiger partial charge is 0.0849 e. The van der Waals surface area contributed by atoms with Crippen molar-refractivity contribution in [2.75, 3.05) is 13.2 Å². The van der Waals surface area contributed by atoms with Crippen LogP contribution in [0.1, 0.15) is 36.5 Å². The van der Waals surface area contributed by atoms with Gasteiger partial charge in [-0.3, -0.25) is 0 Å². The van der Waals surface area contributed by atoms with E-state index in [1.165, 1.54) is 11.1 Å². The maximum Gasteiger partial charge on any atom is 0.0849 e. The highest BCUT2D eigenvalue weighted by molar-refractivity contribution is 5.23. The lowest BCUT2D eigenvalue weighted by Crippen LogP contribution is -2.26. The molecule has 2 heteroatoms. The van der Waals surface area contributed by atoms with Crippen LogP contribution in [-0.2, 0) is 9.47 Å². The van der Waals surface area contributed by atoms with E-state index in [2.05, 4.69) is 37.8 Å². The van der Waals surface area contributed by atoms with Gasteiger partial charge < -0.3 is 9.47 Å². The first-order chi connectivity index (χ1) is 8.79. The molecule has 0 saturated carbocycles. The van der Waals surface area contributed by atoms with E-state index in [0.717, 1.165) is 32.5 Å². The monoisotopic (exact) mass is 246 g/mol. The summed E-state index contributed by atoms with van der Waals surface area (Å²) in [5.74, 6) is 0. The molecule has 18 heavy (non-hydrogen) atoms. The number of ether oxygens (including phenoxy) is 2. The summed E-state index contributed by atoms with van der Waals surface area (Å²) < 4.78 is 11.7. The fourth-order valence-electron chi connectivity index (χ4n) is 2.25. The molecular weight excluding hydrogens is 224 g/mol. The standard InChI is InChI=1S/C16H22O2/c1-3-4-10-17-15-9-11-18-16(12-15)14-7-5-13(2)6-8-14/h3,5-8,15-16H,1,4,9-12H2,2H3. The molecule has 1 aromatic carbocycles. The van der Waals surface area contributed by atoms with Crippen molar-refractivity contribution >= 4 is 0 Å². The van der Waals surface area contributed by atoms with Gasteiger partial charge in [0, 0.05) is 13.0 Å². The largest absolute Gasteiger partial charge is 0.378 e. The Morgan fingerprint density at radius 3 is 2.89 bits per heavy atom. The van der Waals surface area contributed by atoms with Crippen molar-refractivity contribution in [3.05, 3.63) is 48.0 Å². The van der Waals surface area contributed by atoms with Crippen molar-refractivity contribution in [3.8, 4) is 0 Å². The Balaban J connectivity index is 1.89. The van der Waals surface area contributed by atoms with E-state index in [1.54, 1.807) is 0 Å². The van der Waals surface area contributed by atoms with Crippen LogP contribution in [0.5, 0.6) is 0 Å². The minimum absolute atomic E-state index is 0.188. The van der Waals surface area contributed by atoms with E-state index < -0.39 is 0 Å². The van der Waals surface area contributed by atoms with Crippen molar-refractivity contribution in [1.29, 1.82) is 0 Å². The summed E-state index contributed by atoms with van der Waals surface area (Å²) >= 11 is 0. The van der Waals surface area contributed by atoms with Crippen LogP contribution in [0, 0.1) is 6.92 Å². The molecule has 1 aliphatic rings. The second-order valence-electron chi connectivity index (χ2n) is 4.86. The zero-order valence-corrected chi connectivity index (χ0v) is 11.1. The van der Waals surface area contributed by atoms with Gasteiger partial charge in [0.2, 0.25) is 0 Å². The zero-order valence-electron chi connectivity index (χ0n) is 11.1. The highest BCUT2D eigenvalue weighted by Crippen LogP contribution is 2.29. The van der Waals surface area contributed by atoms with Gasteiger partial charge in [-0.2, -0.15) is 0 Å². The molecular formula is C16H22O2. The first-order valence-corrected chi connectivity index (χ1v) is 6.70. The fraction of sp³-hybridized carbons (Fsp3) is 0.500. The third-order valence-corrected chi connectivity index (χ3v) is 3.36. The van der Waals surface area contributed by atoms with Crippen molar-refractivity contribution in [1.82, 2.24) is 0 Å². The molecule has 0 amide bonds. The predicted molar refractivity (Wildman–Crippen MR) is 73.7 cm³/mol. The van der Waals surface area contributed by atoms with Crippen LogP contribution >= 0.6 is 0 Å². The molecule has 1 heterocycles. The summed E-state index contributed by atoms with van der Waals surface area (Å²) in [5, 5.41) is 0. The molecule has 2 atom stereocenters. The lowest BCUT2D eigenvalue weighted by atomic mass is 9.98. The summed E-state index contributed by atoms with van der Waals surface area (Å²) in [7, 11) is 0. The molecule has 2 unspecified atom stereocenters. The Bertz CT molecular complexity index is 369. The Morgan fingerprint density at radius 2 is 2.17 bits per heavy atom. The minimum Gasteiger partial charge on any atom is -0.378 e. The number of hydrogen-bond donors (Lipinski definition) is 0. The van der Waals surface area contributed by atoms with Crippen molar-refractivity contribution in [2.24, 2.45) is 0 Å². The topological polar surface area (TPSA) is 18.5 Å². The molecule has 0 aliphatic carbocycles. The number of aryl methyl sites for hydroxylation is 1. The second kappa shape index (κ2) is 6.72. The third-order valence-electron chi connectivity index (χ3n) is 3.36. The molecule has 0 bridgehead atoms. The quantitative estimate of drug-likeness (QED) is 0.581. The molecule has 1 fully saturated rings. The Kier molecular flexibility index (Phi) is 4.97. The summed E-state index contributed by atoms with van der Waals surface area (Å²) in [4.78, 5) is 0. The predicted octanol–water partition coefficient (Wildman–Crippen LogP) is 3.81. The first kappa shape index (κ1) is 13.3. The third kappa shape index (κ3) is 3.69. The van der Waals surface area contributed by atoms with Gasteiger partial charge >= 0.3 is 0 Å². The van der Waals surface area contributed by atoms with Crippen LogP contribution in [0.25, 0.3) is 0 Å². The Labute approximate surface area is 110 Å². The Hall–Kier alpha value is -1.12. The maximum absolute atomic E-state index is 5.85. The molecule has 1 saturated heterocycles. The molecule has 1 aromatic rings. The SMILES string of the molecule is C=CCCOC1CCOC(c2ccc(C)cc2)C1. The molecule has 2 nitrogen and oxygen atoms in total. The van der Waals surface area contributed by atoms with E-state index in [0.29, 0.717) is 6.10 Å². The van der Waals surface area contributed by atoms with Gasteiger partial charge in [-0.15, -0.1) is 6.58 Å². The minimum atomic E-state index is 0.188. The van der Waals surface area contributed by atoms with Crippen LogP contribution in [0.4, 0.5) is 0 Å². The fourth-order valence-corrected chi connectivity index (χ4v) is 2.25.